The molecule has 5 nitrogen and oxygen atoms in total. The molecule has 0 bridgehead atoms. The van der Waals surface area contributed by atoms with Crippen molar-refractivity contribution < 1.29 is 26.3 Å². The maximum Gasteiger partial charge on any atom is 0.404 e. The fourth-order valence-corrected chi connectivity index (χ4v) is 4.50. The highest BCUT2D eigenvalue weighted by atomic mass is 35.5. The van der Waals surface area contributed by atoms with E-state index in [1.165, 1.54) is 48.8 Å². The van der Waals surface area contributed by atoms with Crippen molar-refractivity contribution in [3.05, 3.63) is 82.6 Å². The summed E-state index contributed by atoms with van der Waals surface area (Å²) in [6.45, 7) is -0.294. The zero-order valence-electron chi connectivity index (χ0n) is 15.7. The van der Waals surface area contributed by atoms with E-state index in [0.717, 1.165) is 0 Å². The third-order valence-electron chi connectivity index (χ3n) is 4.02. The molecule has 0 aliphatic carbocycles. The van der Waals surface area contributed by atoms with Crippen molar-refractivity contribution in [1.82, 2.24) is 4.98 Å². The Morgan fingerprint density at radius 2 is 1.52 bits per heavy atom. The van der Waals surface area contributed by atoms with Gasteiger partial charge in [-0.1, -0.05) is 29.3 Å². The average molecular weight is 491 g/mol. The Bertz CT molecular complexity index is 1120. The SMILES string of the molecule is O=S(=O)(CC(F)(F)F)N(Cc1ccncc1)c1ccc(Oc2c(Cl)cccc2Cl)cc1. The molecule has 1 aromatic heterocycles. The van der Waals surface area contributed by atoms with E-state index in [1.54, 1.807) is 18.2 Å². The fraction of sp³-hybridized carbons (Fsp3) is 0.150. The molecule has 0 fully saturated rings. The van der Waals surface area contributed by atoms with Gasteiger partial charge in [-0.3, -0.25) is 9.29 Å². The summed E-state index contributed by atoms with van der Waals surface area (Å²) in [7, 11) is -4.71. The number of halogens is 5. The first-order valence-electron chi connectivity index (χ1n) is 8.73. The van der Waals surface area contributed by atoms with Crippen LogP contribution in [0.5, 0.6) is 11.5 Å². The maximum absolute atomic E-state index is 12.9. The predicted molar refractivity (Wildman–Crippen MR) is 113 cm³/mol. The molecule has 164 valence electrons. The number of rotatable bonds is 7. The van der Waals surface area contributed by atoms with Gasteiger partial charge in [-0.15, -0.1) is 0 Å². The molecular formula is C20H15Cl2F3N2O3S. The molecular weight excluding hydrogens is 476 g/mol. The van der Waals surface area contributed by atoms with Crippen molar-refractivity contribution in [3.8, 4) is 11.5 Å². The quantitative estimate of drug-likeness (QED) is 0.402. The summed E-state index contributed by atoms with van der Waals surface area (Å²) in [5.41, 5.74) is 0.516. The molecule has 2 aromatic carbocycles. The molecule has 3 aromatic rings. The Morgan fingerprint density at radius 1 is 0.935 bits per heavy atom. The molecule has 0 saturated carbocycles. The van der Waals surface area contributed by atoms with Crippen molar-refractivity contribution in [2.45, 2.75) is 12.7 Å². The van der Waals surface area contributed by atoms with E-state index in [-0.39, 0.29) is 33.8 Å². The number of anilines is 1. The molecule has 0 unspecified atom stereocenters. The van der Waals surface area contributed by atoms with Gasteiger partial charge >= 0.3 is 6.18 Å². The van der Waals surface area contributed by atoms with Crippen LogP contribution in [-0.2, 0) is 16.6 Å². The lowest BCUT2D eigenvalue weighted by Gasteiger charge is -2.25. The van der Waals surface area contributed by atoms with Gasteiger partial charge in [0.15, 0.2) is 11.5 Å². The van der Waals surface area contributed by atoms with E-state index < -0.39 is 22.0 Å². The summed E-state index contributed by atoms with van der Waals surface area (Å²) in [6.07, 6.45) is -2.04. The van der Waals surface area contributed by atoms with E-state index in [0.29, 0.717) is 9.87 Å². The predicted octanol–water partition coefficient (Wildman–Crippen LogP) is 6.08. The standard InChI is InChI=1S/C20H15Cl2F3N2O3S/c21-17-2-1-3-18(22)19(17)30-16-6-4-15(5-7-16)27(12-14-8-10-26-11-9-14)31(28,29)13-20(23,24)25/h1-11H,12-13H2. The van der Waals surface area contributed by atoms with E-state index >= 15 is 0 Å². The molecule has 1 heterocycles. The first kappa shape index (κ1) is 23.2. The lowest BCUT2D eigenvalue weighted by Crippen LogP contribution is -2.37. The van der Waals surface area contributed by atoms with Crippen LogP contribution in [0.25, 0.3) is 0 Å². The second-order valence-corrected chi connectivity index (χ2v) is 9.09. The summed E-state index contributed by atoms with van der Waals surface area (Å²) < 4.78 is 70.1. The van der Waals surface area contributed by atoms with Crippen molar-refractivity contribution in [2.75, 3.05) is 10.1 Å². The molecule has 0 aliphatic rings. The van der Waals surface area contributed by atoms with Gasteiger partial charge in [-0.25, -0.2) is 8.42 Å². The highest BCUT2D eigenvalue weighted by Gasteiger charge is 2.38. The first-order valence-corrected chi connectivity index (χ1v) is 11.1. The average Bonchev–Trinajstić information content (AvgIpc) is 2.69. The van der Waals surface area contributed by atoms with Crippen LogP contribution in [-0.4, -0.2) is 25.3 Å². The van der Waals surface area contributed by atoms with Crippen LogP contribution in [0.1, 0.15) is 5.56 Å². The van der Waals surface area contributed by atoms with Crippen LogP contribution in [0, 0.1) is 0 Å². The van der Waals surface area contributed by atoms with Crippen LogP contribution in [0.2, 0.25) is 10.0 Å². The van der Waals surface area contributed by atoms with E-state index in [9.17, 15) is 21.6 Å². The van der Waals surface area contributed by atoms with Crippen LogP contribution in [0.15, 0.2) is 67.0 Å². The van der Waals surface area contributed by atoms with Crippen molar-refractivity contribution in [2.24, 2.45) is 0 Å². The molecule has 0 aliphatic heterocycles. The maximum atomic E-state index is 12.9. The lowest BCUT2D eigenvalue weighted by molar-refractivity contribution is -0.106. The van der Waals surface area contributed by atoms with E-state index in [4.69, 9.17) is 27.9 Å². The number of aromatic nitrogens is 1. The molecule has 11 heteroatoms. The number of hydrogen-bond donors (Lipinski definition) is 0. The Labute approximate surface area is 187 Å². The molecule has 0 saturated heterocycles. The summed E-state index contributed by atoms with van der Waals surface area (Å²) in [4.78, 5) is 3.83. The monoisotopic (exact) mass is 490 g/mol. The first-order chi connectivity index (χ1) is 14.5. The topological polar surface area (TPSA) is 59.5 Å². The van der Waals surface area contributed by atoms with E-state index in [2.05, 4.69) is 4.98 Å². The van der Waals surface area contributed by atoms with Gasteiger partial charge in [0.2, 0.25) is 10.0 Å². The van der Waals surface area contributed by atoms with Crippen molar-refractivity contribution in [3.63, 3.8) is 0 Å². The zero-order valence-corrected chi connectivity index (χ0v) is 18.0. The summed E-state index contributed by atoms with van der Waals surface area (Å²) in [5.74, 6) is -1.51. The number of pyridine rings is 1. The Balaban J connectivity index is 1.92. The zero-order chi connectivity index (χ0) is 22.6. The number of nitrogens with zero attached hydrogens (tertiary/aromatic N) is 2. The van der Waals surface area contributed by atoms with Crippen LogP contribution in [0.4, 0.5) is 18.9 Å². The van der Waals surface area contributed by atoms with Crippen LogP contribution < -0.4 is 9.04 Å². The lowest BCUT2D eigenvalue weighted by atomic mass is 10.2. The van der Waals surface area contributed by atoms with Gasteiger partial charge in [0, 0.05) is 12.4 Å². The number of sulfonamides is 1. The second kappa shape index (κ2) is 9.33. The number of ether oxygens (including phenoxy) is 1. The molecule has 0 amide bonds. The smallest absolute Gasteiger partial charge is 0.404 e. The Hall–Kier alpha value is -2.49. The van der Waals surface area contributed by atoms with Crippen LogP contribution >= 0.6 is 23.2 Å². The van der Waals surface area contributed by atoms with Crippen molar-refractivity contribution in [1.29, 1.82) is 0 Å². The number of alkyl halides is 3. The minimum atomic E-state index is -4.89. The third kappa shape index (κ3) is 6.25. The number of hydrogen-bond acceptors (Lipinski definition) is 4. The highest BCUT2D eigenvalue weighted by molar-refractivity contribution is 7.92. The summed E-state index contributed by atoms with van der Waals surface area (Å²) in [5, 5.41) is 0.535. The second-order valence-electron chi connectivity index (χ2n) is 6.38. The normalized spacial score (nSPS) is 11.9. The van der Waals surface area contributed by atoms with Gasteiger partial charge in [0.1, 0.15) is 5.75 Å². The molecule has 0 spiro atoms. The van der Waals surface area contributed by atoms with Gasteiger partial charge in [0.05, 0.1) is 22.3 Å². The summed E-state index contributed by atoms with van der Waals surface area (Å²) >= 11 is 12.1. The van der Waals surface area contributed by atoms with Gasteiger partial charge in [-0.2, -0.15) is 13.2 Å². The molecule has 3 rings (SSSR count). The van der Waals surface area contributed by atoms with Crippen molar-refractivity contribution >= 4 is 38.9 Å². The van der Waals surface area contributed by atoms with Crippen LogP contribution in [0.3, 0.4) is 0 Å². The number of para-hydroxylation sites is 1. The van der Waals surface area contributed by atoms with Gasteiger partial charge < -0.3 is 4.74 Å². The fourth-order valence-electron chi connectivity index (χ4n) is 2.67. The minimum absolute atomic E-state index is 0.0404. The molecule has 0 atom stereocenters. The third-order valence-corrected chi connectivity index (χ3v) is 6.32. The number of benzene rings is 2. The molecule has 0 N–H and O–H groups in total. The largest absolute Gasteiger partial charge is 0.454 e. The van der Waals surface area contributed by atoms with E-state index in [1.807, 2.05) is 0 Å². The minimum Gasteiger partial charge on any atom is -0.454 e. The molecule has 31 heavy (non-hydrogen) atoms. The highest BCUT2D eigenvalue weighted by Crippen LogP contribution is 2.37. The van der Waals surface area contributed by atoms with Gasteiger partial charge in [0.25, 0.3) is 0 Å². The Morgan fingerprint density at radius 3 is 2.06 bits per heavy atom. The molecule has 0 radical (unpaired) electrons. The van der Waals surface area contributed by atoms with Gasteiger partial charge in [-0.05, 0) is 54.1 Å². The Kier molecular flexibility index (Phi) is 6.98. The summed E-state index contributed by atoms with van der Waals surface area (Å²) in [6, 6.07) is 13.4.